The van der Waals surface area contributed by atoms with Crippen LogP contribution >= 0.6 is 0 Å². The van der Waals surface area contributed by atoms with Gasteiger partial charge in [0.1, 0.15) is 0 Å². The predicted octanol–water partition coefficient (Wildman–Crippen LogP) is 2.55. The van der Waals surface area contributed by atoms with Crippen LogP contribution in [0.1, 0.15) is 19.3 Å². The summed E-state index contributed by atoms with van der Waals surface area (Å²) in [5.41, 5.74) is 8.79. The fourth-order valence-corrected chi connectivity index (χ4v) is 4.09. The molecule has 0 atom stereocenters. The van der Waals surface area contributed by atoms with Crippen molar-refractivity contribution in [1.82, 2.24) is 24.1 Å². The van der Waals surface area contributed by atoms with Gasteiger partial charge in [0.2, 0.25) is 11.6 Å². The molecule has 0 spiro atoms. The Morgan fingerprint density at radius 3 is 2.48 bits per heavy atom. The minimum Gasteiger partial charge on any atom is -0.381 e. The smallest absolute Gasteiger partial charge is 0.355 e. The van der Waals surface area contributed by atoms with E-state index in [2.05, 4.69) is 20.3 Å². The number of aromatic nitrogens is 4. The molecule has 33 heavy (non-hydrogen) atoms. The van der Waals surface area contributed by atoms with Gasteiger partial charge in [-0.1, -0.05) is 30.3 Å². The van der Waals surface area contributed by atoms with Gasteiger partial charge in [-0.2, -0.15) is 4.68 Å². The van der Waals surface area contributed by atoms with Crippen LogP contribution in [0.3, 0.4) is 0 Å². The normalized spacial score (nSPS) is 14.1. The molecule has 0 aliphatic carbocycles. The Hall–Kier alpha value is -3.98. The van der Waals surface area contributed by atoms with Crippen molar-refractivity contribution in [1.29, 1.82) is 0 Å². The largest absolute Gasteiger partial charge is 0.381 e. The number of anilines is 2. The minimum absolute atomic E-state index is 0.00156. The highest BCUT2D eigenvalue weighted by molar-refractivity contribution is 5.91. The lowest BCUT2D eigenvalue weighted by Crippen LogP contribution is -2.25. The Morgan fingerprint density at radius 2 is 1.76 bits per heavy atom. The van der Waals surface area contributed by atoms with Gasteiger partial charge in [0.05, 0.1) is 11.4 Å². The van der Waals surface area contributed by atoms with Gasteiger partial charge in [-0.05, 0) is 50.2 Å². The van der Waals surface area contributed by atoms with E-state index in [0.717, 1.165) is 25.2 Å². The number of nitrogens with zero attached hydrogens (tertiary/aromatic N) is 5. The molecule has 168 valence electrons. The van der Waals surface area contributed by atoms with Gasteiger partial charge >= 0.3 is 5.69 Å². The lowest BCUT2D eigenvalue weighted by molar-refractivity contribution is -0.116. The van der Waals surface area contributed by atoms with Crippen LogP contribution in [0, 0.1) is 0 Å². The van der Waals surface area contributed by atoms with E-state index in [1.807, 2.05) is 42.5 Å². The fraction of sp³-hybridized carbons (Fsp3) is 0.250. The van der Waals surface area contributed by atoms with Crippen LogP contribution in [-0.4, -0.2) is 49.6 Å². The van der Waals surface area contributed by atoms with Crippen molar-refractivity contribution in [3.05, 3.63) is 71.3 Å². The van der Waals surface area contributed by atoms with E-state index in [9.17, 15) is 9.59 Å². The molecule has 0 unspecified atom stereocenters. The number of benzene rings is 2. The minimum atomic E-state index is -0.326. The van der Waals surface area contributed by atoms with E-state index in [-0.39, 0.29) is 17.4 Å². The number of fused-ring (bicyclic) bond motifs is 1. The first kappa shape index (κ1) is 20.9. The Bertz CT molecular complexity index is 1340. The van der Waals surface area contributed by atoms with Crippen molar-refractivity contribution in [2.45, 2.75) is 19.3 Å². The molecule has 0 saturated carbocycles. The lowest BCUT2D eigenvalue weighted by atomic mass is 10.1. The molecule has 9 heteroatoms. The van der Waals surface area contributed by atoms with Gasteiger partial charge in [0.15, 0.2) is 5.82 Å². The van der Waals surface area contributed by atoms with E-state index < -0.39 is 0 Å². The molecule has 1 saturated heterocycles. The summed E-state index contributed by atoms with van der Waals surface area (Å²) >= 11 is 0. The van der Waals surface area contributed by atoms with Crippen LogP contribution in [0.4, 0.5) is 11.5 Å². The van der Waals surface area contributed by atoms with Crippen molar-refractivity contribution in [2.24, 2.45) is 0 Å². The zero-order valence-corrected chi connectivity index (χ0v) is 18.1. The molecular weight excluding hydrogens is 418 g/mol. The summed E-state index contributed by atoms with van der Waals surface area (Å²) in [5.74, 6) is 0.164. The number of hydrogen-bond donors (Lipinski definition) is 2. The molecule has 2 aromatic carbocycles. The SMILES string of the molecule is Nc1nc(-c2ccc(NC(=O)CCN3CCCC3)cc2)cn2c(=O)n(-c3ccccc3)nc12. The Morgan fingerprint density at radius 1 is 1.03 bits per heavy atom. The maximum absolute atomic E-state index is 12.9. The maximum atomic E-state index is 12.9. The molecule has 1 aliphatic rings. The molecular formula is C24H25N7O2. The van der Waals surface area contributed by atoms with Crippen LogP contribution in [0.2, 0.25) is 0 Å². The molecule has 4 aromatic rings. The molecule has 2 aromatic heterocycles. The van der Waals surface area contributed by atoms with Crippen LogP contribution in [0.15, 0.2) is 65.6 Å². The van der Waals surface area contributed by atoms with Crippen molar-refractivity contribution >= 4 is 23.1 Å². The number of carbonyl (C=O) groups is 1. The first-order chi connectivity index (χ1) is 16.1. The quantitative estimate of drug-likeness (QED) is 0.474. The van der Waals surface area contributed by atoms with E-state index in [0.29, 0.717) is 29.1 Å². The molecule has 1 fully saturated rings. The second-order valence-corrected chi connectivity index (χ2v) is 8.16. The summed E-state index contributed by atoms with van der Waals surface area (Å²) in [6.45, 7) is 2.95. The summed E-state index contributed by atoms with van der Waals surface area (Å²) in [6, 6.07) is 16.5. The number of carbonyl (C=O) groups excluding carboxylic acids is 1. The summed E-state index contributed by atoms with van der Waals surface area (Å²) in [5, 5.41) is 7.28. The number of nitrogens with one attached hydrogen (secondary N) is 1. The fourth-order valence-electron chi connectivity index (χ4n) is 4.09. The molecule has 1 amide bonds. The highest BCUT2D eigenvalue weighted by Crippen LogP contribution is 2.22. The van der Waals surface area contributed by atoms with E-state index in [1.54, 1.807) is 18.3 Å². The predicted molar refractivity (Wildman–Crippen MR) is 127 cm³/mol. The number of likely N-dealkylation sites (tertiary alicyclic amines) is 1. The molecule has 3 heterocycles. The Kier molecular flexibility index (Phi) is 5.62. The zero-order chi connectivity index (χ0) is 22.8. The van der Waals surface area contributed by atoms with E-state index in [1.165, 1.54) is 21.9 Å². The molecule has 1 aliphatic heterocycles. The first-order valence-corrected chi connectivity index (χ1v) is 11.0. The average Bonchev–Trinajstić information content (AvgIpc) is 3.47. The topological polar surface area (TPSA) is 111 Å². The maximum Gasteiger partial charge on any atom is 0.355 e. The van der Waals surface area contributed by atoms with Gasteiger partial charge in [-0.3, -0.25) is 4.79 Å². The number of nitrogen functional groups attached to an aromatic ring is 1. The number of hydrogen-bond acceptors (Lipinski definition) is 6. The summed E-state index contributed by atoms with van der Waals surface area (Å²) in [6.07, 6.45) is 4.54. The second-order valence-electron chi connectivity index (χ2n) is 8.16. The standard InChI is InChI=1S/C24H25N7O2/c25-22-23-28-31(19-6-2-1-3-7-19)24(33)30(23)16-20(27-22)17-8-10-18(11-9-17)26-21(32)12-15-29-13-4-5-14-29/h1-3,6-11,16H,4-5,12-15H2,(H2,25,27)(H,26,32). The Labute approximate surface area is 190 Å². The highest BCUT2D eigenvalue weighted by atomic mass is 16.2. The molecule has 0 bridgehead atoms. The number of para-hydroxylation sites is 1. The van der Waals surface area contributed by atoms with Crippen molar-refractivity contribution in [2.75, 3.05) is 30.7 Å². The third kappa shape index (κ3) is 4.35. The number of amides is 1. The van der Waals surface area contributed by atoms with Crippen LogP contribution < -0.4 is 16.7 Å². The van der Waals surface area contributed by atoms with E-state index >= 15 is 0 Å². The van der Waals surface area contributed by atoms with Crippen LogP contribution in [0.25, 0.3) is 22.6 Å². The van der Waals surface area contributed by atoms with Gasteiger partial charge in [-0.25, -0.2) is 14.2 Å². The van der Waals surface area contributed by atoms with Gasteiger partial charge < -0.3 is 16.0 Å². The van der Waals surface area contributed by atoms with Gasteiger partial charge in [0, 0.05) is 30.4 Å². The molecule has 0 radical (unpaired) electrons. The molecule has 9 nitrogen and oxygen atoms in total. The van der Waals surface area contributed by atoms with Gasteiger partial charge in [-0.15, -0.1) is 5.10 Å². The second kappa shape index (κ2) is 8.87. The lowest BCUT2D eigenvalue weighted by Gasteiger charge is -2.14. The number of rotatable bonds is 6. The zero-order valence-electron chi connectivity index (χ0n) is 18.1. The Balaban J connectivity index is 1.35. The van der Waals surface area contributed by atoms with Crippen molar-refractivity contribution < 1.29 is 4.79 Å². The van der Waals surface area contributed by atoms with Crippen molar-refractivity contribution in [3.63, 3.8) is 0 Å². The molecule has 3 N–H and O–H groups in total. The summed E-state index contributed by atoms with van der Waals surface area (Å²) < 4.78 is 2.71. The summed E-state index contributed by atoms with van der Waals surface area (Å²) in [7, 11) is 0. The van der Waals surface area contributed by atoms with Crippen molar-refractivity contribution in [3.8, 4) is 16.9 Å². The van der Waals surface area contributed by atoms with Gasteiger partial charge in [0.25, 0.3) is 0 Å². The number of nitrogens with two attached hydrogens (primary N) is 1. The van der Waals surface area contributed by atoms with Crippen LogP contribution in [0.5, 0.6) is 0 Å². The van der Waals surface area contributed by atoms with Crippen LogP contribution in [-0.2, 0) is 4.79 Å². The monoisotopic (exact) mass is 443 g/mol. The first-order valence-electron chi connectivity index (χ1n) is 11.0. The summed E-state index contributed by atoms with van der Waals surface area (Å²) in [4.78, 5) is 31.9. The highest BCUT2D eigenvalue weighted by Gasteiger charge is 2.15. The molecule has 5 rings (SSSR count). The third-order valence-corrected chi connectivity index (χ3v) is 5.85. The van der Waals surface area contributed by atoms with E-state index in [4.69, 9.17) is 5.73 Å². The average molecular weight is 444 g/mol. The third-order valence-electron chi connectivity index (χ3n) is 5.85.